The molecule has 5 heteroatoms. The van der Waals surface area contributed by atoms with Crippen LogP contribution in [0.15, 0.2) is 48.5 Å². The quantitative estimate of drug-likeness (QED) is 0.476. The number of nitrogens with zero attached hydrogens (tertiary/aromatic N) is 1. The molecule has 0 aliphatic carbocycles. The minimum Gasteiger partial charge on any atom is -0.497 e. The van der Waals surface area contributed by atoms with Crippen LogP contribution in [-0.4, -0.2) is 17.8 Å². The van der Waals surface area contributed by atoms with E-state index >= 15 is 0 Å². The van der Waals surface area contributed by atoms with E-state index in [1.165, 1.54) is 24.3 Å². The molecule has 0 aromatic heterocycles. The molecule has 0 atom stereocenters. The Bertz CT molecular complexity index is 635. The van der Waals surface area contributed by atoms with Crippen molar-refractivity contribution >= 4 is 11.5 Å². The number of methoxy groups -OCH3 is 1. The molecule has 2 aromatic carbocycles. The predicted molar refractivity (Wildman–Crippen MR) is 74.1 cm³/mol. The molecule has 0 saturated carbocycles. The Balaban J connectivity index is 2.13. The third-order valence-electron chi connectivity index (χ3n) is 2.90. The van der Waals surface area contributed by atoms with Crippen LogP contribution in [0, 0.1) is 10.1 Å². The van der Waals surface area contributed by atoms with Crippen molar-refractivity contribution in [2.45, 2.75) is 6.42 Å². The second-order valence-electron chi connectivity index (χ2n) is 4.26. The van der Waals surface area contributed by atoms with Crippen molar-refractivity contribution in [2.24, 2.45) is 0 Å². The Labute approximate surface area is 116 Å². The summed E-state index contributed by atoms with van der Waals surface area (Å²) in [6, 6.07) is 12.9. The van der Waals surface area contributed by atoms with Gasteiger partial charge >= 0.3 is 0 Å². The average molecular weight is 271 g/mol. The van der Waals surface area contributed by atoms with Gasteiger partial charge < -0.3 is 4.74 Å². The molecule has 0 heterocycles. The van der Waals surface area contributed by atoms with Gasteiger partial charge in [-0.25, -0.2) is 0 Å². The monoisotopic (exact) mass is 271 g/mol. The smallest absolute Gasteiger partial charge is 0.269 e. The summed E-state index contributed by atoms with van der Waals surface area (Å²) in [6.07, 6.45) is 0.231. The van der Waals surface area contributed by atoms with Crippen molar-refractivity contribution < 1.29 is 14.5 Å². The fourth-order valence-corrected chi connectivity index (χ4v) is 1.84. The van der Waals surface area contributed by atoms with E-state index in [2.05, 4.69) is 0 Å². The maximum Gasteiger partial charge on any atom is 0.269 e. The largest absolute Gasteiger partial charge is 0.497 e. The molecule has 0 radical (unpaired) electrons. The number of nitro benzene ring substituents is 1. The van der Waals surface area contributed by atoms with Crippen molar-refractivity contribution in [2.75, 3.05) is 7.11 Å². The average Bonchev–Trinajstić information content (AvgIpc) is 2.47. The van der Waals surface area contributed by atoms with E-state index in [0.29, 0.717) is 11.3 Å². The van der Waals surface area contributed by atoms with Gasteiger partial charge in [0.25, 0.3) is 5.69 Å². The molecule has 0 bridgehead atoms. The summed E-state index contributed by atoms with van der Waals surface area (Å²) < 4.78 is 5.10. The lowest BCUT2D eigenvalue weighted by atomic mass is 10.0. The van der Waals surface area contributed by atoms with Gasteiger partial charge in [0.1, 0.15) is 5.75 Å². The number of carbonyl (C=O) groups excluding carboxylic acids is 1. The van der Waals surface area contributed by atoms with E-state index in [9.17, 15) is 14.9 Å². The first-order valence-electron chi connectivity index (χ1n) is 6.01. The van der Waals surface area contributed by atoms with E-state index < -0.39 is 4.92 Å². The van der Waals surface area contributed by atoms with Gasteiger partial charge in [-0.05, 0) is 29.8 Å². The van der Waals surface area contributed by atoms with Crippen LogP contribution in [0.2, 0.25) is 0 Å². The Morgan fingerprint density at radius 1 is 1.20 bits per heavy atom. The number of Topliss-reactive ketones (excluding diaryl/α,β-unsaturated/α-hetero) is 1. The lowest BCUT2D eigenvalue weighted by Crippen LogP contribution is -2.03. The normalized spacial score (nSPS) is 10.1. The summed E-state index contributed by atoms with van der Waals surface area (Å²) in [5.41, 5.74) is 1.27. The molecule has 0 amide bonds. The molecule has 20 heavy (non-hydrogen) atoms. The van der Waals surface area contributed by atoms with Crippen molar-refractivity contribution in [3.8, 4) is 5.75 Å². The molecule has 0 aliphatic heterocycles. The number of hydrogen-bond acceptors (Lipinski definition) is 4. The van der Waals surface area contributed by atoms with E-state index in [0.717, 1.165) is 5.56 Å². The van der Waals surface area contributed by atoms with Crippen LogP contribution in [0.5, 0.6) is 5.75 Å². The van der Waals surface area contributed by atoms with Crippen molar-refractivity contribution in [1.82, 2.24) is 0 Å². The molecule has 0 unspecified atom stereocenters. The zero-order chi connectivity index (χ0) is 14.5. The van der Waals surface area contributed by atoms with Crippen LogP contribution in [0.3, 0.4) is 0 Å². The highest BCUT2D eigenvalue weighted by Gasteiger charge is 2.10. The highest BCUT2D eigenvalue weighted by atomic mass is 16.6. The highest BCUT2D eigenvalue weighted by Crippen LogP contribution is 2.16. The molecular weight excluding hydrogens is 258 g/mol. The van der Waals surface area contributed by atoms with Gasteiger partial charge in [-0.2, -0.15) is 0 Å². The Morgan fingerprint density at radius 2 is 1.90 bits per heavy atom. The van der Waals surface area contributed by atoms with Crippen LogP contribution in [0.25, 0.3) is 0 Å². The van der Waals surface area contributed by atoms with Crippen LogP contribution in [0.1, 0.15) is 15.9 Å². The standard InChI is InChI=1S/C15H13NO4/c1-20-14-4-2-3-11(9-14)10-15(17)12-5-7-13(8-6-12)16(18)19/h2-9H,10H2,1H3. The summed E-state index contributed by atoms with van der Waals surface area (Å²) >= 11 is 0. The number of non-ortho nitro benzene ring substituents is 1. The zero-order valence-electron chi connectivity index (χ0n) is 10.9. The number of carbonyl (C=O) groups is 1. The fraction of sp³-hybridized carbons (Fsp3) is 0.133. The fourth-order valence-electron chi connectivity index (χ4n) is 1.84. The van der Waals surface area contributed by atoms with Crippen molar-refractivity contribution in [1.29, 1.82) is 0 Å². The Hall–Kier alpha value is -2.69. The highest BCUT2D eigenvalue weighted by molar-refractivity contribution is 5.97. The summed E-state index contributed by atoms with van der Waals surface area (Å²) in [4.78, 5) is 22.1. The van der Waals surface area contributed by atoms with E-state index in [4.69, 9.17) is 4.74 Å². The van der Waals surface area contributed by atoms with Gasteiger partial charge in [0, 0.05) is 24.1 Å². The summed E-state index contributed by atoms with van der Waals surface area (Å²) in [6.45, 7) is 0. The predicted octanol–water partition coefficient (Wildman–Crippen LogP) is 3.03. The molecule has 0 fully saturated rings. The molecule has 0 saturated heterocycles. The first-order chi connectivity index (χ1) is 9.60. The minimum atomic E-state index is -0.490. The molecule has 0 N–H and O–H groups in total. The maximum atomic E-state index is 12.1. The Kier molecular flexibility index (Phi) is 4.10. The number of ether oxygens (including phenoxy) is 1. The summed E-state index contributed by atoms with van der Waals surface area (Å²) in [5, 5.41) is 10.6. The molecule has 0 spiro atoms. The summed E-state index contributed by atoms with van der Waals surface area (Å²) in [5.74, 6) is 0.604. The number of ketones is 1. The van der Waals surface area contributed by atoms with Crippen molar-refractivity contribution in [3.05, 3.63) is 69.8 Å². The number of rotatable bonds is 5. The third kappa shape index (κ3) is 3.20. The van der Waals surface area contributed by atoms with E-state index in [1.54, 1.807) is 19.2 Å². The lowest BCUT2D eigenvalue weighted by molar-refractivity contribution is -0.384. The third-order valence-corrected chi connectivity index (χ3v) is 2.90. The van der Waals surface area contributed by atoms with Gasteiger partial charge in [-0.1, -0.05) is 12.1 Å². The van der Waals surface area contributed by atoms with Crippen LogP contribution >= 0.6 is 0 Å². The molecule has 2 rings (SSSR count). The maximum absolute atomic E-state index is 12.1. The second-order valence-corrected chi connectivity index (χ2v) is 4.26. The molecule has 102 valence electrons. The first kappa shape index (κ1) is 13.7. The van der Waals surface area contributed by atoms with Gasteiger partial charge in [0.05, 0.1) is 12.0 Å². The topological polar surface area (TPSA) is 69.4 Å². The van der Waals surface area contributed by atoms with Crippen LogP contribution in [-0.2, 0) is 6.42 Å². The van der Waals surface area contributed by atoms with E-state index in [1.807, 2.05) is 12.1 Å². The SMILES string of the molecule is COc1cccc(CC(=O)c2ccc([N+](=O)[O-])cc2)c1. The van der Waals surface area contributed by atoms with Crippen LogP contribution in [0.4, 0.5) is 5.69 Å². The molecule has 5 nitrogen and oxygen atoms in total. The molecule has 2 aromatic rings. The first-order valence-corrected chi connectivity index (χ1v) is 6.01. The number of nitro groups is 1. The lowest BCUT2D eigenvalue weighted by Gasteiger charge is -2.04. The summed E-state index contributed by atoms with van der Waals surface area (Å²) in [7, 11) is 1.57. The van der Waals surface area contributed by atoms with Gasteiger partial charge in [0.2, 0.25) is 0 Å². The van der Waals surface area contributed by atoms with Gasteiger partial charge in [-0.15, -0.1) is 0 Å². The number of hydrogen-bond donors (Lipinski definition) is 0. The molecule has 0 aliphatic rings. The van der Waals surface area contributed by atoms with Gasteiger partial charge in [-0.3, -0.25) is 14.9 Å². The zero-order valence-corrected chi connectivity index (χ0v) is 10.9. The minimum absolute atomic E-state index is 0.0251. The van der Waals surface area contributed by atoms with Gasteiger partial charge in [0.15, 0.2) is 5.78 Å². The second kappa shape index (κ2) is 5.97. The molecular formula is C15H13NO4. The Morgan fingerprint density at radius 3 is 2.50 bits per heavy atom. The van der Waals surface area contributed by atoms with E-state index in [-0.39, 0.29) is 17.9 Å². The number of benzene rings is 2. The van der Waals surface area contributed by atoms with Crippen molar-refractivity contribution in [3.63, 3.8) is 0 Å². The van der Waals surface area contributed by atoms with Crippen LogP contribution < -0.4 is 4.74 Å².